The molecule has 0 aliphatic carbocycles. The normalized spacial score (nSPS) is 13.6. The van der Waals surface area contributed by atoms with Crippen LogP contribution in [0.1, 0.15) is 52.5 Å². The van der Waals surface area contributed by atoms with Crippen LogP contribution >= 0.6 is 12.4 Å². The van der Waals surface area contributed by atoms with E-state index in [-0.39, 0.29) is 43.6 Å². The number of primary amides is 1. The maximum Gasteiger partial charge on any atom is 0.258 e. The first kappa shape index (κ1) is 33.0. The molecule has 0 heterocycles. The Morgan fingerprint density at radius 2 is 1.61 bits per heavy atom. The van der Waals surface area contributed by atoms with Gasteiger partial charge in [-0.1, -0.05) is 70.2 Å². The molecule has 7 N–H and O–H groups in total. The van der Waals surface area contributed by atoms with E-state index >= 15 is 0 Å². The molecule has 36 heavy (non-hydrogen) atoms. The number of hydrazine groups is 1. The molecule has 0 aliphatic heterocycles. The van der Waals surface area contributed by atoms with Crippen LogP contribution in [-0.4, -0.2) is 46.4 Å². The molecule has 0 saturated carbocycles. The third-order valence-corrected chi connectivity index (χ3v) is 5.29. The first-order valence-electron chi connectivity index (χ1n) is 11.8. The van der Waals surface area contributed by atoms with Gasteiger partial charge in [0.05, 0.1) is 24.3 Å². The quantitative estimate of drug-likeness (QED) is 0.195. The van der Waals surface area contributed by atoms with E-state index in [9.17, 15) is 24.4 Å². The van der Waals surface area contributed by atoms with Crippen LogP contribution in [-0.2, 0) is 19.2 Å². The number of hydrogen-bond acceptors (Lipinski definition) is 6. The summed E-state index contributed by atoms with van der Waals surface area (Å²) in [6, 6.07) is 8.26. The highest BCUT2D eigenvalue weighted by Crippen LogP contribution is 2.25. The maximum atomic E-state index is 13.4. The first-order valence-corrected chi connectivity index (χ1v) is 11.8. The molecular weight excluding hydrogens is 486 g/mol. The smallest absolute Gasteiger partial charge is 0.258 e. The molecule has 3 atom stereocenters. The molecule has 0 bridgehead atoms. The summed E-state index contributed by atoms with van der Waals surface area (Å²) in [6.45, 7) is 7.68. The molecule has 0 aromatic heterocycles. The predicted molar refractivity (Wildman–Crippen MR) is 140 cm³/mol. The zero-order chi connectivity index (χ0) is 26.5. The van der Waals surface area contributed by atoms with Crippen molar-refractivity contribution in [2.75, 3.05) is 6.54 Å². The minimum Gasteiger partial charge on any atom is -0.370 e. The lowest BCUT2D eigenvalue weighted by molar-refractivity contribution is -0.148. The number of nitrogens with one attached hydrogen (secondary N) is 2. The molecule has 4 amide bonds. The van der Waals surface area contributed by atoms with E-state index < -0.39 is 41.5 Å². The molecule has 0 fully saturated rings. The molecule has 1 aromatic rings. The van der Waals surface area contributed by atoms with Gasteiger partial charge in [-0.2, -0.15) is 0 Å². The van der Waals surface area contributed by atoms with Gasteiger partial charge in [0.15, 0.2) is 0 Å². The Labute approximate surface area is 219 Å². The summed E-state index contributed by atoms with van der Waals surface area (Å²) in [5.74, 6) is -4.35. The van der Waals surface area contributed by atoms with E-state index in [1.807, 2.05) is 64.1 Å². The molecule has 0 spiro atoms. The van der Waals surface area contributed by atoms with Gasteiger partial charge in [-0.3, -0.25) is 34.8 Å². The second kappa shape index (κ2) is 16.7. The summed E-state index contributed by atoms with van der Waals surface area (Å²) in [7, 11) is 0. The fourth-order valence-electron chi connectivity index (χ4n) is 3.69. The topological polar surface area (TPSA) is 168 Å². The van der Waals surface area contributed by atoms with Crippen molar-refractivity contribution in [2.24, 2.45) is 35.1 Å². The van der Waals surface area contributed by atoms with Crippen molar-refractivity contribution in [1.82, 2.24) is 15.9 Å². The SMILES string of the molecule is CC(C)C[C@@H](C(=O)NN(CC(C)C)C(=O)[C@@H](N)CC(N)=O)[C@H](C/C=C/c1ccccc1)C(=O)NO.Cl. The predicted octanol–water partition coefficient (Wildman–Crippen LogP) is 2.01. The van der Waals surface area contributed by atoms with E-state index in [1.165, 1.54) is 0 Å². The molecule has 0 saturated heterocycles. The van der Waals surface area contributed by atoms with Crippen LogP contribution in [0.4, 0.5) is 0 Å². The van der Waals surface area contributed by atoms with Gasteiger partial charge in [-0.15, -0.1) is 12.4 Å². The van der Waals surface area contributed by atoms with Crippen LogP contribution in [0.25, 0.3) is 6.08 Å². The van der Waals surface area contributed by atoms with Crippen LogP contribution in [0.15, 0.2) is 36.4 Å². The molecule has 10 nitrogen and oxygen atoms in total. The van der Waals surface area contributed by atoms with Crippen molar-refractivity contribution in [3.63, 3.8) is 0 Å². The van der Waals surface area contributed by atoms with E-state index in [2.05, 4.69) is 5.43 Å². The Balaban J connectivity index is 0.0000122. The minimum absolute atomic E-state index is 0. The molecule has 0 aliphatic rings. The lowest BCUT2D eigenvalue weighted by Gasteiger charge is -2.31. The number of rotatable bonds is 13. The average Bonchev–Trinajstić information content (AvgIpc) is 2.79. The Morgan fingerprint density at radius 1 is 1.00 bits per heavy atom. The molecule has 202 valence electrons. The van der Waals surface area contributed by atoms with Crippen LogP contribution in [0, 0.1) is 23.7 Å². The van der Waals surface area contributed by atoms with Crippen molar-refractivity contribution in [2.45, 2.75) is 53.0 Å². The highest BCUT2D eigenvalue weighted by atomic mass is 35.5. The van der Waals surface area contributed by atoms with Crippen LogP contribution in [0.2, 0.25) is 0 Å². The van der Waals surface area contributed by atoms with Crippen molar-refractivity contribution in [1.29, 1.82) is 0 Å². The van der Waals surface area contributed by atoms with Crippen molar-refractivity contribution in [3.05, 3.63) is 42.0 Å². The minimum atomic E-state index is -1.21. The standard InChI is InChI=1S/C25H39N5O5.ClH/c1-16(2)13-20(19(24(33)29-35)12-8-11-18-9-6-5-7-10-18)23(32)28-30(15-17(3)4)25(34)21(26)14-22(27)31;/h5-11,16-17,19-21,35H,12-15,26H2,1-4H3,(H2,27,31)(H,28,32)(H,29,33);1H/b11-8+;/t19-,20+,21-;/m0./s1. The van der Waals surface area contributed by atoms with Gasteiger partial charge < -0.3 is 11.5 Å². The number of benzene rings is 1. The van der Waals surface area contributed by atoms with Crippen LogP contribution in [0.3, 0.4) is 0 Å². The zero-order valence-corrected chi connectivity index (χ0v) is 22.2. The Kier molecular flexibility index (Phi) is 15.3. The molecule has 0 radical (unpaired) electrons. The Bertz CT molecular complexity index is 879. The van der Waals surface area contributed by atoms with Crippen molar-refractivity contribution in [3.8, 4) is 0 Å². The molecule has 11 heteroatoms. The van der Waals surface area contributed by atoms with E-state index in [0.29, 0.717) is 6.42 Å². The summed E-state index contributed by atoms with van der Waals surface area (Å²) >= 11 is 0. The van der Waals surface area contributed by atoms with Gasteiger partial charge >= 0.3 is 0 Å². The molecule has 0 unspecified atom stereocenters. The highest BCUT2D eigenvalue weighted by molar-refractivity contribution is 5.91. The molecule has 1 aromatic carbocycles. The van der Waals surface area contributed by atoms with E-state index in [0.717, 1.165) is 10.6 Å². The number of hydroxylamine groups is 1. The number of allylic oxidation sites excluding steroid dienone is 1. The van der Waals surface area contributed by atoms with E-state index in [4.69, 9.17) is 11.5 Å². The third kappa shape index (κ3) is 11.7. The first-order chi connectivity index (χ1) is 16.5. The maximum absolute atomic E-state index is 13.4. The lowest BCUT2D eigenvalue weighted by atomic mass is 9.82. The van der Waals surface area contributed by atoms with Gasteiger partial charge in [0.2, 0.25) is 17.7 Å². The van der Waals surface area contributed by atoms with Crippen LogP contribution < -0.4 is 22.4 Å². The third-order valence-electron chi connectivity index (χ3n) is 5.29. The largest absolute Gasteiger partial charge is 0.370 e. The summed E-state index contributed by atoms with van der Waals surface area (Å²) in [6.07, 6.45) is 3.76. The fourth-order valence-corrected chi connectivity index (χ4v) is 3.69. The average molecular weight is 526 g/mol. The zero-order valence-electron chi connectivity index (χ0n) is 21.3. The number of nitrogens with two attached hydrogens (primary N) is 2. The number of halogens is 1. The van der Waals surface area contributed by atoms with Gasteiger partial charge in [0.1, 0.15) is 0 Å². The number of nitrogens with zero attached hydrogens (tertiary/aromatic N) is 1. The Hall–Kier alpha value is -2.95. The molecular formula is C25H40ClN5O5. The van der Waals surface area contributed by atoms with E-state index in [1.54, 1.807) is 11.6 Å². The number of hydrogen-bond donors (Lipinski definition) is 5. The molecule has 1 rings (SSSR count). The Morgan fingerprint density at radius 3 is 2.11 bits per heavy atom. The highest BCUT2D eigenvalue weighted by Gasteiger charge is 2.35. The second-order valence-corrected chi connectivity index (χ2v) is 9.46. The number of carbonyl (C=O) groups excluding carboxylic acids is 4. The van der Waals surface area contributed by atoms with Gasteiger partial charge in [0, 0.05) is 6.54 Å². The summed E-state index contributed by atoms with van der Waals surface area (Å²) in [5, 5.41) is 10.4. The summed E-state index contributed by atoms with van der Waals surface area (Å²) < 4.78 is 0. The fraction of sp³-hybridized carbons (Fsp3) is 0.520. The van der Waals surface area contributed by atoms with Crippen molar-refractivity contribution >= 4 is 42.1 Å². The monoisotopic (exact) mass is 525 g/mol. The lowest BCUT2D eigenvalue weighted by Crippen LogP contribution is -2.56. The van der Waals surface area contributed by atoms with Gasteiger partial charge in [-0.05, 0) is 30.2 Å². The van der Waals surface area contributed by atoms with Gasteiger partial charge in [0.25, 0.3) is 5.91 Å². The van der Waals surface area contributed by atoms with Crippen LogP contribution in [0.5, 0.6) is 0 Å². The number of amides is 4. The summed E-state index contributed by atoms with van der Waals surface area (Å²) in [4.78, 5) is 50.0. The number of carbonyl (C=O) groups is 4. The summed E-state index contributed by atoms with van der Waals surface area (Å²) in [5.41, 5.74) is 16.2. The van der Waals surface area contributed by atoms with Gasteiger partial charge in [-0.25, -0.2) is 5.48 Å². The second-order valence-electron chi connectivity index (χ2n) is 9.46. The van der Waals surface area contributed by atoms with Crippen molar-refractivity contribution < 1.29 is 24.4 Å².